The van der Waals surface area contributed by atoms with Crippen LogP contribution in [0.1, 0.15) is 108 Å². The summed E-state index contributed by atoms with van der Waals surface area (Å²) in [6.07, 6.45) is 0.980. The minimum absolute atomic E-state index is 0.00862. The maximum absolute atomic E-state index is 11.3. The van der Waals surface area contributed by atoms with Crippen LogP contribution in [0.2, 0.25) is 0 Å². The molecular formula is C35H60O3. The predicted octanol–water partition coefficient (Wildman–Crippen LogP) is 10.4. The number of carbonyl (C=O) groups excluding carboxylic acids is 1. The molecule has 0 spiro atoms. The molecule has 3 nitrogen and oxygen atoms in total. The largest absolute Gasteiger partial charge is 0.497 e. The van der Waals surface area contributed by atoms with Gasteiger partial charge in [-0.3, -0.25) is 4.79 Å². The lowest BCUT2D eigenvalue weighted by Gasteiger charge is -2.56. The fourth-order valence-electron chi connectivity index (χ4n) is 5.77. The first-order chi connectivity index (χ1) is 18.2. The lowest BCUT2D eigenvalue weighted by molar-refractivity contribution is -0.131. The average Bonchev–Trinajstić information content (AvgIpc) is 2.98. The molecule has 0 amide bonds. The fraction of sp³-hybridized carbons (Fsp3) is 0.629. The Morgan fingerprint density at radius 3 is 1.42 bits per heavy atom. The van der Waals surface area contributed by atoms with E-state index in [0.29, 0.717) is 35.3 Å². The van der Waals surface area contributed by atoms with Crippen molar-refractivity contribution < 1.29 is 14.3 Å². The van der Waals surface area contributed by atoms with Crippen LogP contribution in [0.3, 0.4) is 0 Å². The minimum atomic E-state index is -0.286. The number of hydrogen-bond donors (Lipinski definition) is 0. The summed E-state index contributed by atoms with van der Waals surface area (Å²) in [5.74, 6) is 4.14. The Kier molecular flexibility index (Phi) is 19.7. The fourth-order valence-corrected chi connectivity index (χ4v) is 5.77. The molecular weight excluding hydrogens is 468 g/mol. The summed E-state index contributed by atoms with van der Waals surface area (Å²) in [5.41, 5.74) is 2.67. The summed E-state index contributed by atoms with van der Waals surface area (Å²) < 4.78 is 10.7. The van der Waals surface area contributed by atoms with E-state index in [4.69, 9.17) is 9.47 Å². The molecule has 0 aromatic heterocycles. The average molecular weight is 529 g/mol. The molecule has 3 heteroatoms. The van der Waals surface area contributed by atoms with Gasteiger partial charge in [-0.25, -0.2) is 0 Å². The maximum Gasteiger partial charge on any atom is 0.308 e. The van der Waals surface area contributed by atoms with E-state index in [9.17, 15) is 4.79 Å². The second-order valence-electron chi connectivity index (χ2n) is 9.34. The van der Waals surface area contributed by atoms with Gasteiger partial charge in [0.25, 0.3) is 0 Å². The predicted molar refractivity (Wildman–Crippen MR) is 167 cm³/mol. The van der Waals surface area contributed by atoms with E-state index in [0.717, 1.165) is 12.2 Å². The van der Waals surface area contributed by atoms with Crippen LogP contribution in [0.5, 0.6) is 11.5 Å². The molecule has 0 bridgehead atoms. The summed E-state index contributed by atoms with van der Waals surface area (Å²) in [6.45, 7) is 29.5. The van der Waals surface area contributed by atoms with E-state index >= 15 is 0 Å². The van der Waals surface area contributed by atoms with Gasteiger partial charge in [0, 0.05) is 12.3 Å². The Bertz CT molecular complexity index is 838. The van der Waals surface area contributed by atoms with Crippen molar-refractivity contribution in [2.24, 2.45) is 29.6 Å². The van der Waals surface area contributed by atoms with Crippen LogP contribution < -0.4 is 9.47 Å². The Morgan fingerprint density at radius 1 is 0.658 bits per heavy atom. The van der Waals surface area contributed by atoms with Crippen LogP contribution in [0.15, 0.2) is 48.5 Å². The highest BCUT2D eigenvalue weighted by Crippen LogP contribution is 2.55. The van der Waals surface area contributed by atoms with E-state index in [-0.39, 0.29) is 11.4 Å². The molecule has 1 aliphatic carbocycles. The normalized spacial score (nSPS) is 25.3. The Balaban J connectivity index is 0. The Hall–Kier alpha value is -2.29. The van der Waals surface area contributed by atoms with Crippen molar-refractivity contribution >= 4 is 5.97 Å². The third-order valence-corrected chi connectivity index (χ3v) is 8.17. The first-order valence-corrected chi connectivity index (χ1v) is 15.1. The van der Waals surface area contributed by atoms with E-state index in [2.05, 4.69) is 71.0 Å². The number of carbonyl (C=O) groups is 1. The molecule has 4 unspecified atom stereocenters. The molecule has 2 aromatic carbocycles. The van der Waals surface area contributed by atoms with Crippen molar-refractivity contribution in [2.75, 3.05) is 7.11 Å². The molecule has 0 heterocycles. The molecule has 0 aliphatic heterocycles. The van der Waals surface area contributed by atoms with Crippen LogP contribution >= 0.6 is 0 Å². The summed E-state index contributed by atoms with van der Waals surface area (Å²) in [5, 5.41) is 0. The highest BCUT2D eigenvalue weighted by atomic mass is 16.5. The van der Waals surface area contributed by atoms with Crippen LogP contribution in [-0.4, -0.2) is 13.1 Å². The van der Waals surface area contributed by atoms with Gasteiger partial charge in [-0.2, -0.15) is 0 Å². The molecule has 218 valence electrons. The van der Waals surface area contributed by atoms with Crippen molar-refractivity contribution in [3.8, 4) is 11.5 Å². The second kappa shape index (κ2) is 19.7. The summed E-state index contributed by atoms with van der Waals surface area (Å²) in [4.78, 5) is 11.3. The smallest absolute Gasteiger partial charge is 0.308 e. The maximum atomic E-state index is 11.3. The zero-order valence-electron chi connectivity index (χ0n) is 27.4. The number of rotatable bonds is 5. The number of benzene rings is 2. The first-order valence-electron chi connectivity index (χ1n) is 15.1. The van der Waals surface area contributed by atoms with Gasteiger partial charge in [-0.15, -0.1) is 0 Å². The van der Waals surface area contributed by atoms with Crippen molar-refractivity contribution in [2.45, 2.75) is 109 Å². The molecule has 0 saturated heterocycles. The van der Waals surface area contributed by atoms with E-state index < -0.39 is 0 Å². The number of hydrogen-bond acceptors (Lipinski definition) is 3. The SMILES string of the molecule is CC.CC.CC.CC.COc1ccc(CC2(c3ccc(OC(C)=O)cc3)C(C)C(C)C(C)C(C)C2C)cc1. The van der Waals surface area contributed by atoms with Gasteiger partial charge in [-0.1, -0.05) is 114 Å². The van der Waals surface area contributed by atoms with E-state index in [1.54, 1.807) is 7.11 Å². The lowest BCUT2D eigenvalue weighted by Crippen LogP contribution is -2.54. The van der Waals surface area contributed by atoms with Gasteiger partial charge in [0.15, 0.2) is 0 Å². The first kappa shape index (κ1) is 37.9. The Labute approximate surface area is 236 Å². The topological polar surface area (TPSA) is 35.5 Å². The lowest BCUT2D eigenvalue weighted by atomic mass is 9.48. The second-order valence-corrected chi connectivity index (χ2v) is 9.34. The van der Waals surface area contributed by atoms with Gasteiger partial charge in [0.1, 0.15) is 11.5 Å². The summed E-state index contributed by atoms with van der Waals surface area (Å²) >= 11 is 0. The van der Waals surface area contributed by atoms with E-state index in [1.165, 1.54) is 18.1 Å². The molecule has 0 radical (unpaired) electrons. The molecule has 0 N–H and O–H groups in total. The van der Waals surface area contributed by atoms with Crippen molar-refractivity contribution in [1.82, 2.24) is 0 Å². The van der Waals surface area contributed by atoms with Crippen molar-refractivity contribution in [1.29, 1.82) is 0 Å². The minimum Gasteiger partial charge on any atom is -0.497 e. The van der Waals surface area contributed by atoms with Crippen LogP contribution in [-0.2, 0) is 16.6 Å². The Morgan fingerprint density at radius 2 is 1.05 bits per heavy atom. The monoisotopic (exact) mass is 528 g/mol. The molecule has 3 rings (SSSR count). The summed E-state index contributed by atoms with van der Waals surface area (Å²) in [6, 6.07) is 16.7. The van der Waals surface area contributed by atoms with Gasteiger partial charge in [-0.05, 0) is 71.4 Å². The van der Waals surface area contributed by atoms with Gasteiger partial charge in [0.05, 0.1) is 7.11 Å². The molecule has 38 heavy (non-hydrogen) atoms. The van der Waals surface area contributed by atoms with Crippen molar-refractivity contribution in [3.05, 3.63) is 59.7 Å². The molecule has 1 aliphatic rings. The zero-order chi connectivity index (χ0) is 30.1. The number of ether oxygens (including phenoxy) is 2. The van der Waals surface area contributed by atoms with Gasteiger partial charge in [0.2, 0.25) is 0 Å². The van der Waals surface area contributed by atoms with Crippen molar-refractivity contribution in [3.63, 3.8) is 0 Å². The van der Waals surface area contributed by atoms with Crippen LogP contribution in [0.25, 0.3) is 0 Å². The van der Waals surface area contributed by atoms with E-state index in [1.807, 2.05) is 67.5 Å². The quantitative estimate of drug-likeness (QED) is 0.286. The number of methoxy groups -OCH3 is 1. The highest BCUT2D eigenvalue weighted by Gasteiger charge is 2.52. The summed E-state index contributed by atoms with van der Waals surface area (Å²) in [7, 11) is 1.71. The third kappa shape index (κ3) is 9.17. The van der Waals surface area contributed by atoms with Gasteiger partial charge < -0.3 is 9.47 Å². The highest BCUT2D eigenvalue weighted by molar-refractivity contribution is 5.69. The molecule has 2 aromatic rings. The molecule has 1 fully saturated rings. The van der Waals surface area contributed by atoms with Gasteiger partial charge >= 0.3 is 5.97 Å². The molecule has 1 saturated carbocycles. The zero-order valence-corrected chi connectivity index (χ0v) is 27.4. The van der Waals surface area contributed by atoms with Crippen LogP contribution in [0, 0.1) is 29.6 Å². The van der Waals surface area contributed by atoms with Crippen LogP contribution in [0.4, 0.5) is 0 Å². The number of esters is 1. The third-order valence-electron chi connectivity index (χ3n) is 8.17. The molecule has 4 atom stereocenters. The standard InChI is InChI=1S/C27H36O3.4C2H6/c1-17-18(2)20(4)27(21(5)19(17)3,16-23-8-12-25(29-7)13-9-23)24-10-14-26(15-11-24)30-22(6)28;4*1-2/h8-15,17-21H,16H2,1-7H3;4*1-2H3.